The van der Waals surface area contributed by atoms with Gasteiger partial charge in [0, 0.05) is 9.99 Å². The van der Waals surface area contributed by atoms with Crippen LogP contribution in [0.4, 0.5) is 0 Å². The van der Waals surface area contributed by atoms with Gasteiger partial charge in [-0.05, 0) is 40.8 Å². The summed E-state index contributed by atoms with van der Waals surface area (Å²) < 4.78 is 6.66. The van der Waals surface area contributed by atoms with Crippen LogP contribution in [0.2, 0.25) is 0 Å². The number of halogens is 1. The highest BCUT2D eigenvalue weighted by Crippen LogP contribution is 2.18. The highest BCUT2D eigenvalue weighted by atomic mass is 127. The molecule has 0 atom stereocenters. The van der Waals surface area contributed by atoms with Crippen LogP contribution in [-0.2, 0) is 6.42 Å². The quantitative estimate of drug-likeness (QED) is 0.746. The number of aryl methyl sites for hydroxylation is 1. The number of hydrogen-bond donors (Lipinski definition) is 0. The average Bonchev–Trinajstić information content (AvgIpc) is 2.46. The number of nitrogens with zero attached hydrogens (tertiary/aromatic N) is 1. The molecule has 62 valence electrons. The number of fused-ring (bicyclic) bond motifs is 1. The molecule has 0 N–H and O–H groups in total. The zero-order chi connectivity index (χ0) is 8.55. The van der Waals surface area contributed by atoms with Gasteiger partial charge < -0.3 is 4.42 Å². The molecule has 0 radical (unpaired) electrons. The molecule has 0 bridgehead atoms. The molecule has 0 saturated carbocycles. The van der Waals surface area contributed by atoms with Gasteiger partial charge in [-0.3, -0.25) is 0 Å². The molecule has 0 spiro atoms. The number of aromatic nitrogens is 1. The summed E-state index contributed by atoms with van der Waals surface area (Å²) in [6.45, 7) is 2.04. The molecule has 2 rings (SSSR count). The summed E-state index contributed by atoms with van der Waals surface area (Å²) in [7, 11) is 0. The molecule has 0 aliphatic heterocycles. The van der Waals surface area contributed by atoms with E-state index in [4.69, 9.17) is 4.42 Å². The van der Waals surface area contributed by atoms with Gasteiger partial charge in [-0.15, -0.1) is 0 Å². The van der Waals surface area contributed by atoms with Gasteiger partial charge in [-0.25, -0.2) is 4.98 Å². The molecule has 1 aromatic carbocycles. The Morgan fingerprint density at radius 3 is 3.08 bits per heavy atom. The minimum absolute atomic E-state index is 0.812. The minimum Gasteiger partial charge on any atom is -0.441 e. The van der Waals surface area contributed by atoms with Crippen molar-refractivity contribution in [1.29, 1.82) is 0 Å². The zero-order valence-electron chi connectivity index (χ0n) is 6.67. The van der Waals surface area contributed by atoms with Crippen LogP contribution in [0.15, 0.2) is 22.6 Å². The second-order valence-electron chi connectivity index (χ2n) is 2.57. The van der Waals surface area contributed by atoms with Crippen molar-refractivity contribution in [1.82, 2.24) is 4.98 Å². The highest BCUT2D eigenvalue weighted by Gasteiger charge is 2.02. The first kappa shape index (κ1) is 8.04. The molecule has 1 heterocycles. The molecule has 2 nitrogen and oxygen atoms in total. The van der Waals surface area contributed by atoms with Crippen molar-refractivity contribution in [3.05, 3.63) is 27.7 Å². The minimum atomic E-state index is 0.812. The lowest BCUT2D eigenvalue weighted by molar-refractivity contribution is 0.538. The van der Waals surface area contributed by atoms with Crippen molar-refractivity contribution in [2.45, 2.75) is 13.3 Å². The van der Waals surface area contributed by atoms with Gasteiger partial charge in [0.2, 0.25) is 0 Å². The molecule has 0 aliphatic carbocycles. The molecular formula is C9H8INO. The summed E-state index contributed by atoms with van der Waals surface area (Å²) in [6.07, 6.45) is 0.852. The van der Waals surface area contributed by atoms with Crippen LogP contribution in [0, 0.1) is 3.57 Å². The predicted molar refractivity (Wildman–Crippen MR) is 56.1 cm³/mol. The van der Waals surface area contributed by atoms with Gasteiger partial charge in [0.05, 0.1) is 0 Å². The number of rotatable bonds is 1. The summed E-state index contributed by atoms with van der Waals surface area (Å²) in [5.74, 6) is 0.812. The Labute approximate surface area is 84.1 Å². The largest absolute Gasteiger partial charge is 0.441 e. The summed E-state index contributed by atoms with van der Waals surface area (Å²) >= 11 is 2.26. The van der Waals surface area contributed by atoms with E-state index in [1.54, 1.807) is 0 Å². The van der Waals surface area contributed by atoms with Crippen LogP contribution < -0.4 is 0 Å². The fourth-order valence-corrected chi connectivity index (χ4v) is 1.56. The molecule has 0 saturated heterocycles. The van der Waals surface area contributed by atoms with E-state index in [1.165, 1.54) is 3.57 Å². The summed E-state index contributed by atoms with van der Waals surface area (Å²) in [5.41, 5.74) is 1.84. The van der Waals surface area contributed by atoms with Crippen molar-refractivity contribution in [2.24, 2.45) is 0 Å². The van der Waals surface area contributed by atoms with Crippen LogP contribution >= 0.6 is 22.6 Å². The number of oxazole rings is 1. The third-order valence-corrected chi connectivity index (χ3v) is 2.37. The Balaban J connectivity index is 2.67. The van der Waals surface area contributed by atoms with Gasteiger partial charge in [-0.2, -0.15) is 0 Å². The first-order valence-electron chi connectivity index (χ1n) is 3.84. The molecule has 0 amide bonds. The average molecular weight is 273 g/mol. The number of benzene rings is 1. The molecular weight excluding hydrogens is 265 g/mol. The van der Waals surface area contributed by atoms with Crippen LogP contribution in [0.5, 0.6) is 0 Å². The zero-order valence-corrected chi connectivity index (χ0v) is 8.83. The third-order valence-electron chi connectivity index (χ3n) is 1.70. The van der Waals surface area contributed by atoms with E-state index in [-0.39, 0.29) is 0 Å². The Hall–Kier alpha value is -0.580. The van der Waals surface area contributed by atoms with Crippen molar-refractivity contribution in [3.63, 3.8) is 0 Å². The van der Waals surface area contributed by atoms with Crippen molar-refractivity contribution in [3.8, 4) is 0 Å². The Bertz CT molecular complexity index is 408. The van der Waals surface area contributed by atoms with Gasteiger partial charge in [0.15, 0.2) is 11.5 Å². The van der Waals surface area contributed by atoms with Crippen LogP contribution in [0.25, 0.3) is 11.1 Å². The lowest BCUT2D eigenvalue weighted by Gasteiger charge is -1.86. The van der Waals surface area contributed by atoms with Crippen molar-refractivity contribution >= 4 is 33.7 Å². The lowest BCUT2D eigenvalue weighted by atomic mass is 10.3. The van der Waals surface area contributed by atoms with E-state index < -0.39 is 0 Å². The van der Waals surface area contributed by atoms with E-state index in [2.05, 4.69) is 27.6 Å². The van der Waals surface area contributed by atoms with Crippen LogP contribution in [0.1, 0.15) is 12.8 Å². The first-order valence-corrected chi connectivity index (χ1v) is 4.92. The first-order chi connectivity index (χ1) is 5.79. The Kier molecular flexibility index (Phi) is 2.04. The topological polar surface area (TPSA) is 26.0 Å². The van der Waals surface area contributed by atoms with Crippen LogP contribution in [-0.4, -0.2) is 4.98 Å². The van der Waals surface area contributed by atoms with Gasteiger partial charge in [0.1, 0.15) is 5.52 Å². The van der Waals surface area contributed by atoms with Crippen molar-refractivity contribution < 1.29 is 4.42 Å². The predicted octanol–water partition coefficient (Wildman–Crippen LogP) is 2.99. The maximum atomic E-state index is 5.48. The van der Waals surface area contributed by atoms with Crippen LogP contribution in [0.3, 0.4) is 0 Å². The van der Waals surface area contributed by atoms with E-state index in [9.17, 15) is 0 Å². The maximum Gasteiger partial charge on any atom is 0.195 e. The smallest absolute Gasteiger partial charge is 0.195 e. The molecule has 1 aromatic heterocycles. The second kappa shape index (κ2) is 3.05. The standard InChI is InChI=1S/C9H8INO/c1-2-9-11-7-4-3-6(10)5-8(7)12-9/h3-5H,2H2,1H3. The molecule has 12 heavy (non-hydrogen) atoms. The van der Waals surface area contributed by atoms with E-state index in [0.29, 0.717) is 0 Å². The van der Waals surface area contributed by atoms with Gasteiger partial charge in [-0.1, -0.05) is 6.92 Å². The molecule has 0 unspecified atom stereocenters. The second-order valence-corrected chi connectivity index (χ2v) is 3.82. The Morgan fingerprint density at radius 1 is 1.50 bits per heavy atom. The Morgan fingerprint density at radius 2 is 2.33 bits per heavy atom. The van der Waals surface area contributed by atoms with Crippen molar-refractivity contribution in [2.75, 3.05) is 0 Å². The fraction of sp³-hybridized carbons (Fsp3) is 0.222. The molecule has 0 fully saturated rings. The monoisotopic (exact) mass is 273 g/mol. The summed E-state index contributed by atoms with van der Waals surface area (Å²) in [5, 5.41) is 0. The van der Waals surface area contributed by atoms with E-state index >= 15 is 0 Å². The lowest BCUT2D eigenvalue weighted by Crippen LogP contribution is -1.75. The highest BCUT2D eigenvalue weighted by molar-refractivity contribution is 14.1. The normalized spacial score (nSPS) is 10.8. The molecule has 2 aromatic rings. The number of hydrogen-bond acceptors (Lipinski definition) is 2. The SMILES string of the molecule is CCc1nc2ccc(I)cc2o1. The van der Waals surface area contributed by atoms with Gasteiger partial charge >= 0.3 is 0 Å². The fourth-order valence-electron chi connectivity index (χ4n) is 1.10. The molecule has 0 aliphatic rings. The van der Waals surface area contributed by atoms with E-state index in [1.807, 2.05) is 25.1 Å². The maximum absolute atomic E-state index is 5.48. The molecule has 3 heteroatoms. The third kappa shape index (κ3) is 1.33. The summed E-state index contributed by atoms with van der Waals surface area (Å²) in [4.78, 5) is 4.30. The van der Waals surface area contributed by atoms with Gasteiger partial charge in [0.25, 0.3) is 0 Å². The summed E-state index contributed by atoms with van der Waals surface area (Å²) in [6, 6.07) is 6.02. The van der Waals surface area contributed by atoms with E-state index in [0.717, 1.165) is 23.4 Å².